The van der Waals surface area contributed by atoms with Crippen LogP contribution >= 0.6 is 0 Å². The summed E-state index contributed by atoms with van der Waals surface area (Å²) in [5.41, 5.74) is 11.1. The van der Waals surface area contributed by atoms with E-state index >= 15 is 0 Å². The van der Waals surface area contributed by atoms with Crippen molar-refractivity contribution < 1.29 is 15.6 Å². The molecule has 1 aromatic carbocycles. The summed E-state index contributed by atoms with van der Waals surface area (Å²) in [6.45, 7) is 11.2. The molecule has 0 fully saturated rings. The predicted molar refractivity (Wildman–Crippen MR) is 102 cm³/mol. The number of carboxylic acid groups (broad SMARTS) is 1. The smallest absolute Gasteiger partial charge is 0.102 e. The van der Waals surface area contributed by atoms with Crippen molar-refractivity contribution >= 4 is 5.97 Å². The second-order valence-electron chi connectivity index (χ2n) is 8.09. The molecule has 1 aromatic heterocycles. The fraction of sp³-hybridized carbons (Fsp3) is 0.455. The van der Waals surface area contributed by atoms with Crippen molar-refractivity contribution in [3.05, 3.63) is 52.3 Å². The lowest BCUT2D eigenvalue weighted by Crippen LogP contribution is -2.48. The lowest BCUT2D eigenvalue weighted by atomic mass is 9.84. The highest BCUT2D eigenvalue weighted by Crippen LogP contribution is 2.34. The third-order valence-electron chi connectivity index (χ3n) is 4.51. The van der Waals surface area contributed by atoms with Crippen molar-refractivity contribution in [1.82, 2.24) is 4.98 Å². The number of quaternary nitrogens is 1. The van der Waals surface area contributed by atoms with E-state index in [0.29, 0.717) is 13.0 Å². The summed E-state index contributed by atoms with van der Waals surface area (Å²) in [4.78, 5) is 16.3. The highest BCUT2D eigenvalue weighted by Gasteiger charge is 2.23. The van der Waals surface area contributed by atoms with Gasteiger partial charge in [-0.1, -0.05) is 57.5 Å². The first-order valence-electron chi connectivity index (χ1n) is 9.26. The number of aliphatic carboxylic acids is 1. The van der Waals surface area contributed by atoms with Crippen molar-refractivity contribution in [1.29, 1.82) is 0 Å². The molecule has 0 saturated carbocycles. The number of hydrogen-bond acceptors (Lipinski definition) is 3. The zero-order valence-corrected chi connectivity index (χ0v) is 16.6. The van der Waals surface area contributed by atoms with Crippen molar-refractivity contribution in [3.63, 3.8) is 0 Å². The van der Waals surface area contributed by atoms with Gasteiger partial charge in [0.25, 0.3) is 0 Å². The first-order chi connectivity index (χ1) is 12.2. The third kappa shape index (κ3) is 4.70. The topological polar surface area (TPSA) is 80.7 Å². The fourth-order valence-electron chi connectivity index (χ4n) is 3.38. The Balaban J connectivity index is 2.82. The van der Waals surface area contributed by atoms with Gasteiger partial charge in [0.2, 0.25) is 0 Å². The normalized spacial score (nSPS) is 11.6. The number of carbonyl (C=O) groups is 1. The minimum atomic E-state index is -1.08. The van der Waals surface area contributed by atoms with E-state index in [9.17, 15) is 9.90 Å². The van der Waals surface area contributed by atoms with E-state index in [0.717, 1.165) is 40.1 Å². The summed E-state index contributed by atoms with van der Waals surface area (Å²) in [6.07, 6.45) is 1.40. The third-order valence-corrected chi connectivity index (χ3v) is 4.51. The van der Waals surface area contributed by atoms with Crippen LogP contribution in [0.2, 0.25) is 0 Å². The van der Waals surface area contributed by atoms with E-state index in [1.165, 1.54) is 5.56 Å². The summed E-state index contributed by atoms with van der Waals surface area (Å²) in [5.74, 6) is -1.08. The number of rotatable bonds is 6. The van der Waals surface area contributed by atoms with Crippen LogP contribution in [0.4, 0.5) is 0 Å². The molecule has 0 unspecified atom stereocenters. The maximum Gasteiger partial charge on any atom is 0.102 e. The van der Waals surface area contributed by atoms with Crippen LogP contribution in [0.15, 0.2) is 24.3 Å². The van der Waals surface area contributed by atoms with Crippen molar-refractivity contribution in [2.24, 2.45) is 5.41 Å². The van der Waals surface area contributed by atoms with Crippen LogP contribution in [-0.4, -0.2) is 11.0 Å². The molecule has 3 N–H and O–H groups in total. The zero-order valence-electron chi connectivity index (χ0n) is 16.6. The van der Waals surface area contributed by atoms with Gasteiger partial charge in [0, 0.05) is 23.6 Å². The summed E-state index contributed by atoms with van der Waals surface area (Å²) in [6, 6.07) is 8.23. The average molecular weight is 354 g/mol. The number of pyridine rings is 1. The van der Waals surface area contributed by atoms with Crippen LogP contribution < -0.4 is 10.8 Å². The van der Waals surface area contributed by atoms with Gasteiger partial charge in [-0.3, -0.25) is 4.98 Å². The second kappa shape index (κ2) is 8.00. The van der Waals surface area contributed by atoms with Gasteiger partial charge in [-0.2, -0.15) is 0 Å². The average Bonchev–Trinajstić information content (AvgIpc) is 2.54. The Morgan fingerprint density at radius 1 is 1.12 bits per heavy atom. The fourth-order valence-corrected chi connectivity index (χ4v) is 3.38. The largest absolute Gasteiger partial charge is 0.550 e. The molecule has 0 aliphatic rings. The number of nitrogens with zero attached hydrogens (tertiary/aromatic N) is 1. The minimum absolute atomic E-state index is 0.0857. The molecule has 0 bridgehead atoms. The van der Waals surface area contributed by atoms with E-state index in [1.807, 2.05) is 13.8 Å². The van der Waals surface area contributed by atoms with Gasteiger partial charge in [-0.15, -0.1) is 0 Å². The van der Waals surface area contributed by atoms with E-state index in [4.69, 9.17) is 4.98 Å². The number of carbonyl (C=O) groups excluding carboxylic acids is 1. The summed E-state index contributed by atoms with van der Waals surface area (Å²) >= 11 is 0. The van der Waals surface area contributed by atoms with Crippen LogP contribution in [0.25, 0.3) is 11.1 Å². The molecule has 26 heavy (non-hydrogen) atoms. The SMILES string of the molecule is CCc1nc(CC(C)(C)C)c(C[NH3+])c(-c2ccc(C)cc2)c1CC(=O)[O-]. The maximum atomic E-state index is 11.4. The number of carboxylic acids is 1. The molecule has 0 atom stereocenters. The van der Waals surface area contributed by atoms with Crippen molar-refractivity contribution in [2.45, 2.75) is 60.4 Å². The summed E-state index contributed by atoms with van der Waals surface area (Å²) in [7, 11) is 0. The summed E-state index contributed by atoms with van der Waals surface area (Å²) < 4.78 is 0. The standard InChI is InChI=1S/C22H30N2O2/c1-6-18-16(11-20(25)26)21(15-9-7-14(2)8-10-15)17(13-23)19(24-18)12-22(3,4)5/h7-10H,6,11-13,23H2,1-5H3,(H,25,26). The summed E-state index contributed by atoms with van der Waals surface area (Å²) in [5, 5.41) is 11.4. The molecular weight excluding hydrogens is 324 g/mol. The molecule has 0 aliphatic carbocycles. The molecule has 0 radical (unpaired) electrons. The van der Waals surface area contributed by atoms with Crippen LogP contribution in [0.5, 0.6) is 0 Å². The highest BCUT2D eigenvalue weighted by molar-refractivity contribution is 5.79. The van der Waals surface area contributed by atoms with E-state index in [-0.39, 0.29) is 11.8 Å². The molecule has 0 amide bonds. The van der Waals surface area contributed by atoms with E-state index in [2.05, 4.69) is 50.8 Å². The van der Waals surface area contributed by atoms with E-state index < -0.39 is 5.97 Å². The van der Waals surface area contributed by atoms with Gasteiger partial charge in [-0.25, -0.2) is 0 Å². The Bertz CT molecular complexity index is 787. The Kier molecular flexibility index (Phi) is 6.19. The highest BCUT2D eigenvalue weighted by atomic mass is 16.4. The lowest BCUT2D eigenvalue weighted by Gasteiger charge is -2.24. The Hall–Kier alpha value is -2.20. The molecule has 0 saturated heterocycles. The van der Waals surface area contributed by atoms with Crippen LogP contribution in [0, 0.1) is 12.3 Å². The Morgan fingerprint density at radius 3 is 2.19 bits per heavy atom. The van der Waals surface area contributed by atoms with E-state index in [1.54, 1.807) is 0 Å². The van der Waals surface area contributed by atoms with Gasteiger partial charge in [-0.05, 0) is 41.9 Å². The molecule has 4 nitrogen and oxygen atoms in total. The van der Waals surface area contributed by atoms with Gasteiger partial charge < -0.3 is 15.6 Å². The molecule has 2 rings (SSSR count). The van der Waals surface area contributed by atoms with Gasteiger partial charge in [0.1, 0.15) is 6.54 Å². The zero-order chi connectivity index (χ0) is 19.5. The van der Waals surface area contributed by atoms with Gasteiger partial charge in [0.05, 0.1) is 5.69 Å². The van der Waals surface area contributed by atoms with Gasteiger partial charge in [0.15, 0.2) is 0 Å². The van der Waals surface area contributed by atoms with Crippen LogP contribution in [0.3, 0.4) is 0 Å². The minimum Gasteiger partial charge on any atom is -0.550 e. The maximum absolute atomic E-state index is 11.4. The first-order valence-corrected chi connectivity index (χ1v) is 9.26. The van der Waals surface area contributed by atoms with Crippen LogP contribution in [-0.2, 0) is 30.6 Å². The molecule has 0 spiro atoms. The molecule has 0 aliphatic heterocycles. The Morgan fingerprint density at radius 2 is 1.73 bits per heavy atom. The number of benzene rings is 1. The number of hydrogen-bond donors (Lipinski definition) is 1. The second-order valence-corrected chi connectivity index (χ2v) is 8.09. The van der Waals surface area contributed by atoms with Crippen molar-refractivity contribution in [3.8, 4) is 11.1 Å². The number of aryl methyl sites for hydroxylation is 2. The lowest BCUT2D eigenvalue weighted by molar-refractivity contribution is -0.386. The monoisotopic (exact) mass is 354 g/mol. The molecule has 2 aromatic rings. The van der Waals surface area contributed by atoms with Gasteiger partial charge >= 0.3 is 0 Å². The molecule has 1 heterocycles. The molecular formula is C22H30N2O2. The first kappa shape index (κ1) is 20.1. The molecule has 4 heteroatoms. The quantitative estimate of drug-likeness (QED) is 0.864. The Labute approximate surface area is 156 Å². The van der Waals surface area contributed by atoms with Crippen molar-refractivity contribution in [2.75, 3.05) is 0 Å². The molecule has 140 valence electrons. The predicted octanol–water partition coefficient (Wildman–Crippen LogP) is 2.24. The number of aromatic nitrogens is 1. The van der Waals surface area contributed by atoms with Crippen LogP contribution in [0.1, 0.15) is 55.8 Å².